The smallest absolute Gasteiger partial charge is 0.325 e. The lowest BCUT2D eigenvalue weighted by molar-refractivity contribution is -0.135. The van der Waals surface area contributed by atoms with Crippen molar-refractivity contribution in [3.63, 3.8) is 0 Å². The molecule has 1 aromatic heterocycles. The van der Waals surface area contributed by atoms with E-state index in [0.29, 0.717) is 19.0 Å². The third-order valence-electron chi connectivity index (χ3n) is 5.01. The molecule has 2 fully saturated rings. The summed E-state index contributed by atoms with van der Waals surface area (Å²) in [5, 5.41) is 9.85. The molecule has 0 aromatic carbocycles. The Morgan fingerprint density at radius 2 is 2.17 bits per heavy atom. The number of H-pyrrole nitrogens is 2. The Kier molecular flexibility index (Phi) is 4.39. The van der Waals surface area contributed by atoms with E-state index in [1.165, 1.54) is 19.0 Å². The highest BCUT2D eigenvalue weighted by molar-refractivity contribution is 5.78. The Morgan fingerprint density at radius 1 is 1.39 bits per heavy atom. The summed E-state index contributed by atoms with van der Waals surface area (Å²) in [6.07, 6.45) is 6.52. The number of nitrogens with one attached hydrogen (secondary N) is 2. The van der Waals surface area contributed by atoms with Gasteiger partial charge in [-0.1, -0.05) is 12.8 Å². The van der Waals surface area contributed by atoms with Crippen LogP contribution in [-0.2, 0) is 11.2 Å². The molecular weight excluding hydrogens is 298 g/mol. The van der Waals surface area contributed by atoms with Gasteiger partial charge in [0.1, 0.15) is 0 Å². The molecule has 1 saturated heterocycles. The fourth-order valence-electron chi connectivity index (χ4n) is 3.56. The molecule has 1 aliphatic heterocycles. The molecule has 126 valence electrons. The minimum absolute atomic E-state index is 0.0307. The largest absolute Gasteiger partial charge is 0.396 e. The van der Waals surface area contributed by atoms with E-state index in [-0.39, 0.29) is 29.9 Å². The van der Waals surface area contributed by atoms with Gasteiger partial charge in [0.15, 0.2) is 0 Å². The van der Waals surface area contributed by atoms with Crippen molar-refractivity contribution in [2.24, 2.45) is 11.3 Å². The minimum Gasteiger partial charge on any atom is -0.396 e. The number of aliphatic hydroxyl groups is 1. The van der Waals surface area contributed by atoms with E-state index in [1.807, 2.05) is 0 Å². The Bertz CT molecular complexity index is 691. The van der Waals surface area contributed by atoms with Gasteiger partial charge in [0, 0.05) is 30.3 Å². The Hall–Kier alpha value is -1.89. The maximum absolute atomic E-state index is 12.5. The fourth-order valence-corrected chi connectivity index (χ4v) is 3.56. The SMILES string of the molecule is O=C(Cc1c[nH]c(=O)[nH]c1=O)N1CCC[C@](CO)(CC2CC2)C1. The van der Waals surface area contributed by atoms with E-state index >= 15 is 0 Å². The van der Waals surface area contributed by atoms with Gasteiger partial charge in [-0.15, -0.1) is 0 Å². The van der Waals surface area contributed by atoms with Crippen molar-refractivity contribution in [2.75, 3.05) is 19.7 Å². The first-order chi connectivity index (χ1) is 11.0. The molecule has 2 aliphatic rings. The number of likely N-dealkylation sites (tertiary alicyclic amines) is 1. The fraction of sp³-hybridized carbons (Fsp3) is 0.688. The van der Waals surface area contributed by atoms with Gasteiger partial charge in [-0.3, -0.25) is 14.6 Å². The molecule has 3 rings (SSSR count). The van der Waals surface area contributed by atoms with E-state index < -0.39 is 11.2 Å². The minimum atomic E-state index is -0.576. The molecule has 7 heteroatoms. The van der Waals surface area contributed by atoms with Gasteiger partial charge < -0.3 is 15.0 Å². The second-order valence-corrected chi connectivity index (χ2v) is 7.00. The number of amides is 1. The zero-order chi connectivity index (χ0) is 16.4. The number of nitrogens with zero attached hydrogens (tertiary/aromatic N) is 1. The second kappa shape index (κ2) is 6.31. The van der Waals surface area contributed by atoms with Gasteiger partial charge in [-0.05, 0) is 25.2 Å². The zero-order valence-electron chi connectivity index (χ0n) is 13.1. The number of aliphatic hydroxyl groups excluding tert-OH is 1. The summed E-state index contributed by atoms with van der Waals surface area (Å²) >= 11 is 0. The molecule has 2 heterocycles. The van der Waals surface area contributed by atoms with Crippen molar-refractivity contribution in [2.45, 2.75) is 38.5 Å². The molecule has 1 amide bonds. The summed E-state index contributed by atoms with van der Waals surface area (Å²) in [5.74, 6) is 0.565. The summed E-state index contributed by atoms with van der Waals surface area (Å²) in [6.45, 7) is 1.32. The summed E-state index contributed by atoms with van der Waals surface area (Å²) in [4.78, 5) is 41.5. The van der Waals surface area contributed by atoms with Crippen LogP contribution in [0.5, 0.6) is 0 Å². The Labute approximate surface area is 133 Å². The molecular formula is C16H23N3O4. The lowest BCUT2D eigenvalue weighted by Crippen LogP contribution is -2.49. The number of hydrogen-bond donors (Lipinski definition) is 3. The highest BCUT2D eigenvalue weighted by Crippen LogP contribution is 2.44. The van der Waals surface area contributed by atoms with Crippen LogP contribution in [0.4, 0.5) is 0 Å². The van der Waals surface area contributed by atoms with E-state index in [9.17, 15) is 19.5 Å². The number of carbonyl (C=O) groups is 1. The first-order valence-corrected chi connectivity index (χ1v) is 8.21. The van der Waals surface area contributed by atoms with Crippen LogP contribution in [0.2, 0.25) is 0 Å². The van der Waals surface area contributed by atoms with E-state index in [2.05, 4.69) is 9.97 Å². The van der Waals surface area contributed by atoms with E-state index in [4.69, 9.17) is 0 Å². The third-order valence-corrected chi connectivity index (χ3v) is 5.01. The topological polar surface area (TPSA) is 106 Å². The number of aromatic amines is 2. The van der Waals surface area contributed by atoms with Crippen LogP contribution in [0.3, 0.4) is 0 Å². The summed E-state index contributed by atoms with van der Waals surface area (Å²) in [5.41, 5.74) is -1.03. The van der Waals surface area contributed by atoms with Gasteiger partial charge in [-0.2, -0.15) is 0 Å². The number of hydrogen-bond acceptors (Lipinski definition) is 4. The van der Waals surface area contributed by atoms with E-state index in [1.54, 1.807) is 4.90 Å². The maximum atomic E-state index is 12.5. The number of carbonyl (C=O) groups excluding carboxylic acids is 1. The van der Waals surface area contributed by atoms with Crippen LogP contribution in [-0.4, -0.2) is 45.6 Å². The van der Waals surface area contributed by atoms with Crippen molar-refractivity contribution in [1.82, 2.24) is 14.9 Å². The number of aromatic nitrogens is 2. The average molecular weight is 321 g/mol. The van der Waals surface area contributed by atoms with Crippen molar-refractivity contribution in [3.8, 4) is 0 Å². The van der Waals surface area contributed by atoms with Gasteiger partial charge in [0.2, 0.25) is 5.91 Å². The maximum Gasteiger partial charge on any atom is 0.325 e. The molecule has 0 radical (unpaired) electrons. The van der Waals surface area contributed by atoms with E-state index in [0.717, 1.165) is 19.3 Å². The van der Waals surface area contributed by atoms with Gasteiger partial charge in [-0.25, -0.2) is 4.79 Å². The molecule has 7 nitrogen and oxygen atoms in total. The van der Waals surface area contributed by atoms with Gasteiger partial charge >= 0.3 is 5.69 Å². The first kappa shape index (κ1) is 16.0. The van der Waals surface area contributed by atoms with Gasteiger partial charge in [0.25, 0.3) is 5.56 Å². The molecule has 23 heavy (non-hydrogen) atoms. The van der Waals surface area contributed by atoms with Crippen LogP contribution in [0.25, 0.3) is 0 Å². The number of piperidine rings is 1. The van der Waals surface area contributed by atoms with Crippen molar-refractivity contribution < 1.29 is 9.90 Å². The monoisotopic (exact) mass is 321 g/mol. The highest BCUT2D eigenvalue weighted by atomic mass is 16.3. The molecule has 1 saturated carbocycles. The summed E-state index contributed by atoms with van der Waals surface area (Å²) in [6, 6.07) is 0. The van der Waals surface area contributed by atoms with Crippen LogP contribution in [0.15, 0.2) is 15.8 Å². The van der Waals surface area contributed by atoms with Gasteiger partial charge in [0.05, 0.1) is 13.0 Å². The Morgan fingerprint density at radius 3 is 2.83 bits per heavy atom. The lowest BCUT2D eigenvalue weighted by Gasteiger charge is -2.42. The third kappa shape index (κ3) is 3.72. The predicted molar refractivity (Wildman–Crippen MR) is 84.1 cm³/mol. The predicted octanol–water partition coefficient (Wildman–Crippen LogP) is 0.00690. The first-order valence-electron chi connectivity index (χ1n) is 8.21. The molecule has 0 bridgehead atoms. The number of rotatable bonds is 5. The van der Waals surface area contributed by atoms with Crippen molar-refractivity contribution in [3.05, 3.63) is 32.6 Å². The van der Waals surface area contributed by atoms with Crippen molar-refractivity contribution in [1.29, 1.82) is 0 Å². The molecule has 3 N–H and O–H groups in total. The standard InChI is InChI=1S/C16H23N3O4/c20-10-16(7-11-2-3-11)4-1-5-19(9-16)13(21)6-12-8-17-15(23)18-14(12)22/h8,11,20H,1-7,9-10H2,(H2,17,18,22,23)/t16-/m0/s1. The van der Waals surface area contributed by atoms with Crippen LogP contribution >= 0.6 is 0 Å². The van der Waals surface area contributed by atoms with Crippen LogP contribution < -0.4 is 11.2 Å². The summed E-state index contributed by atoms with van der Waals surface area (Å²) in [7, 11) is 0. The average Bonchev–Trinajstić information content (AvgIpc) is 3.34. The second-order valence-electron chi connectivity index (χ2n) is 7.00. The zero-order valence-corrected chi connectivity index (χ0v) is 13.1. The molecule has 1 aromatic rings. The quantitative estimate of drug-likeness (QED) is 0.710. The normalized spacial score (nSPS) is 24.7. The van der Waals surface area contributed by atoms with Crippen LogP contribution in [0, 0.1) is 11.3 Å². The Balaban J connectivity index is 1.68. The summed E-state index contributed by atoms with van der Waals surface area (Å²) < 4.78 is 0. The highest BCUT2D eigenvalue weighted by Gasteiger charge is 2.40. The molecule has 0 unspecified atom stereocenters. The lowest BCUT2D eigenvalue weighted by atomic mass is 9.76. The van der Waals surface area contributed by atoms with Crippen LogP contribution in [0.1, 0.15) is 37.7 Å². The molecule has 0 spiro atoms. The molecule has 1 atom stereocenters. The molecule has 1 aliphatic carbocycles. The van der Waals surface area contributed by atoms with Crippen molar-refractivity contribution >= 4 is 5.91 Å².